The number of nitrogens with zero attached hydrogens (tertiary/aromatic N) is 8. The van der Waals surface area contributed by atoms with E-state index in [0.717, 1.165) is 46.9 Å². The van der Waals surface area contributed by atoms with Crippen molar-refractivity contribution in [2.75, 3.05) is 52.3 Å². The number of likely N-dealkylation sites (tertiary alicyclic amines) is 2. The third-order valence-electron chi connectivity index (χ3n) is 8.68. The maximum atomic E-state index is 13.8. The summed E-state index contributed by atoms with van der Waals surface area (Å²) in [6, 6.07) is 6.07. The van der Waals surface area contributed by atoms with Crippen LogP contribution < -0.4 is 5.32 Å². The average molecular weight is 556 g/mol. The molecule has 3 aliphatic rings. The Balaban J connectivity index is 1.33. The van der Waals surface area contributed by atoms with E-state index >= 15 is 0 Å². The van der Waals surface area contributed by atoms with Gasteiger partial charge in [-0.3, -0.25) is 14.6 Å². The van der Waals surface area contributed by atoms with Gasteiger partial charge in [0, 0.05) is 82.7 Å². The first-order valence-corrected chi connectivity index (χ1v) is 13.9. The summed E-state index contributed by atoms with van der Waals surface area (Å²) >= 11 is 0. The van der Waals surface area contributed by atoms with Crippen LogP contribution in [0.5, 0.6) is 0 Å². The zero-order chi connectivity index (χ0) is 28.3. The Kier molecular flexibility index (Phi) is 6.31. The second-order valence-electron chi connectivity index (χ2n) is 11.0. The fourth-order valence-corrected chi connectivity index (χ4v) is 6.26. The summed E-state index contributed by atoms with van der Waals surface area (Å²) in [4.78, 5) is 41.4. The highest BCUT2D eigenvalue weighted by Crippen LogP contribution is 2.46. The van der Waals surface area contributed by atoms with Crippen LogP contribution in [0.2, 0.25) is 0 Å². The molecule has 0 spiro atoms. The minimum atomic E-state index is -0.835. The molecule has 1 N–H and O–H groups in total. The lowest BCUT2D eigenvalue weighted by Crippen LogP contribution is -2.69. The number of amides is 1. The Morgan fingerprint density at radius 2 is 1.73 bits per heavy atom. The minimum Gasteiger partial charge on any atom is -0.379 e. The van der Waals surface area contributed by atoms with Gasteiger partial charge in [0.05, 0.1) is 17.8 Å². The second kappa shape index (κ2) is 9.91. The zero-order valence-electron chi connectivity index (χ0n) is 23.7. The Bertz CT molecular complexity index is 1630. The van der Waals surface area contributed by atoms with E-state index in [1.165, 1.54) is 0 Å². The number of carbonyl (C=O) groups excluding carboxylic acids is 1. The van der Waals surface area contributed by atoms with Crippen molar-refractivity contribution in [2.24, 2.45) is 0 Å². The summed E-state index contributed by atoms with van der Waals surface area (Å²) in [7, 11) is 3.46. The molecule has 3 aliphatic heterocycles. The van der Waals surface area contributed by atoms with Crippen molar-refractivity contribution in [3.8, 4) is 22.6 Å². The van der Waals surface area contributed by atoms with Crippen LogP contribution in [0.1, 0.15) is 18.3 Å². The van der Waals surface area contributed by atoms with Crippen LogP contribution >= 0.6 is 0 Å². The van der Waals surface area contributed by atoms with Crippen LogP contribution in [0.3, 0.4) is 0 Å². The van der Waals surface area contributed by atoms with Gasteiger partial charge in [-0.25, -0.2) is 24.9 Å². The van der Waals surface area contributed by atoms with Crippen molar-refractivity contribution in [3.63, 3.8) is 0 Å². The molecular formula is C29H33N9O3. The van der Waals surface area contributed by atoms with Gasteiger partial charge in [0.25, 0.3) is 5.91 Å². The van der Waals surface area contributed by atoms with Gasteiger partial charge in [-0.15, -0.1) is 0 Å². The summed E-state index contributed by atoms with van der Waals surface area (Å²) < 4.78 is 13.2. The third kappa shape index (κ3) is 4.04. The van der Waals surface area contributed by atoms with Crippen molar-refractivity contribution < 1.29 is 14.3 Å². The van der Waals surface area contributed by atoms with E-state index in [0.29, 0.717) is 43.2 Å². The molecule has 212 valence electrons. The molecule has 0 unspecified atom stereocenters. The first kappa shape index (κ1) is 26.1. The van der Waals surface area contributed by atoms with Gasteiger partial charge in [0.15, 0.2) is 5.65 Å². The standard InChI is InChI=1S/C29H33N9O3/c1-5-38-26(19-9-30-17(2)31-10-19)35-25-24(32-16-33-27(25)38)18-6-7-23-22(8-18)29(28(39)34-23,37-13-21(14-37)41-4)15-36-11-20(12-36)40-3/h6-10,16,20-21H,5,11-15H2,1-4H3,(H,34,39)/t29-/m0/s1. The molecule has 0 saturated carbocycles. The van der Waals surface area contributed by atoms with E-state index < -0.39 is 5.54 Å². The lowest BCUT2D eigenvalue weighted by atomic mass is 9.83. The molecule has 6 heterocycles. The number of benzene rings is 1. The van der Waals surface area contributed by atoms with Gasteiger partial charge in [0.1, 0.15) is 34.7 Å². The second-order valence-corrected chi connectivity index (χ2v) is 11.0. The van der Waals surface area contributed by atoms with Crippen LogP contribution in [0, 0.1) is 6.92 Å². The molecule has 7 rings (SSSR count). The first-order valence-electron chi connectivity index (χ1n) is 13.9. The van der Waals surface area contributed by atoms with Gasteiger partial charge in [-0.2, -0.15) is 0 Å². The van der Waals surface area contributed by atoms with Crippen molar-refractivity contribution in [1.29, 1.82) is 0 Å². The molecule has 2 saturated heterocycles. The number of aryl methyl sites for hydroxylation is 2. The lowest BCUT2D eigenvalue weighted by molar-refractivity contribution is -0.148. The van der Waals surface area contributed by atoms with Crippen LogP contribution in [-0.4, -0.2) is 104 Å². The molecular weight excluding hydrogens is 522 g/mol. The largest absolute Gasteiger partial charge is 0.379 e. The summed E-state index contributed by atoms with van der Waals surface area (Å²) in [5, 5.41) is 3.17. The topological polar surface area (TPSA) is 123 Å². The van der Waals surface area contributed by atoms with Gasteiger partial charge in [-0.05, 0) is 26.0 Å². The van der Waals surface area contributed by atoms with Crippen molar-refractivity contribution in [2.45, 2.75) is 38.1 Å². The molecule has 1 amide bonds. The predicted molar refractivity (Wildman–Crippen MR) is 152 cm³/mol. The van der Waals surface area contributed by atoms with E-state index in [1.807, 2.05) is 19.1 Å². The highest BCUT2D eigenvalue weighted by Gasteiger charge is 2.56. The maximum Gasteiger partial charge on any atom is 0.250 e. The number of fused-ring (bicyclic) bond motifs is 2. The monoisotopic (exact) mass is 555 g/mol. The molecule has 12 nitrogen and oxygen atoms in total. The van der Waals surface area contributed by atoms with E-state index in [-0.39, 0.29) is 18.1 Å². The first-order chi connectivity index (χ1) is 19.9. The molecule has 12 heteroatoms. The number of aromatic nitrogens is 6. The number of carbonyl (C=O) groups is 1. The summed E-state index contributed by atoms with van der Waals surface area (Å²) in [6.45, 7) is 8.15. The van der Waals surface area contributed by atoms with E-state index in [9.17, 15) is 4.79 Å². The number of hydrogen-bond acceptors (Lipinski definition) is 10. The number of anilines is 1. The van der Waals surface area contributed by atoms with Crippen LogP contribution in [0.4, 0.5) is 5.69 Å². The molecule has 4 aromatic rings. The molecule has 41 heavy (non-hydrogen) atoms. The van der Waals surface area contributed by atoms with Crippen molar-refractivity contribution in [1.82, 2.24) is 39.3 Å². The van der Waals surface area contributed by atoms with E-state index in [2.05, 4.69) is 47.6 Å². The van der Waals surface area contributed by atoms with Gasteiger partial charge >= 0.3 is 0 Å². The molecule has 0 radical (unpaired) electrons. The molecule has 2 fully saturated rings. The third-order valence-corrected chi connectivity index (χ3v) is 8.68. The quantitative estimate of drug-likeness (QED) is 0.346. The highest BCUT2D eigenvalue weighted by molar-refractivity contribution is 6.07. The molecule has 0 aliphatic carbocycles. The normalized spacial score (nSPS) is 21.6. The Labute approximate surface area is 237 Å². The number of ether oxygens (including phenoxy) is 2. The number of rotatable bonds is 8. The molecule has 1 atom stereocenters. The van der Waals surface area contributed by atoms with Crippen molar-refractivity contribution >= 4 is 22.8 Å². The van der Waals surface area contributed by atoms with Crippen molar-refractivity contribution in [3.05, 3.63) is 48.3 Å². The van der Waals surface area contributed by atoms with Gasteiger partial charge < -0.3 is 19.4 Å². The fraction of sp³-hybridized carbons (Fsp3) is 0.448. The van der Waals surface area contributed by atoms with E-state index in [4.69, 9.17) is 19.4 Å². The average Bonchev–Trinajstić information content (AvgIpc) is 3.45. The molecule has 3 aromatic heterocycles. The number of nitrogens with one attached hydrogen (secondary N) is 1. The lowest BCUT2D eigenvalue weighted by Gasteiger charge is -2.52. The van der Waals surface area contributed by atoms with Crippen LogP contribution in [-0.2, 0) is 26.4 Å². The van der Waals surface area contributed by atoms with Gasteiger partial charge in [0.2, 0.25) is 0 Å². The zero-order valence-corrected chi connectivity index (χ0v) is 23.7. The smallest absolute Gasteiger partial charge is 0.250 e. The highest BCUT2D eigenvalue weighted by atomic mass is 16.5. The predicted octanol–water partition coefficient (Wildman–Crippen LogP) is 2.09. The Morgan fingerprint density at radius 1 is 1.00 bits per heavy atom. The summed E-state index contributed by atoms with van der Waals surface area (Å²) in [5.41, 5.74) is 4.79. The number of methoxy groups -OCH3 is 2. The number of imidazole rings is 1. The fourth-order valence-electron chi connectivity index (χ4n) is 6.26. The van der Waals surface area contributed by atoms with E-state index in [1.54, 1.807) is 32.9 Å². The molecule has 0 bridgehead atoms. The summed E-state index contributed by atoms with van der Waals surface area (Å²) in [6.07, 6.45) is 5.46. The van der Waals surface area contributed by atoms with Gasteiger partial charge in [-0.1, -0.05) is 6.07 Å². The van der Waals surface area contributed by atoms with Crippen LogP contribution in [0.25, 0.3) is 33.8 Å². The van der Waals surface area contributed by atoms with Crippen LogP contribution in [0.15, 0.2) is 36.9 Å². The molecule has 1 aromatic carbocycles. The SMILES string of the molecule is CCn1c(-c2cnc(C)nc2)nc2c(-c3ccc4c(c3)[C@](CN3CC(OC)C3)(N3CC(OC)C3)C(=O)N4)ncnc21. The maximum absolute atomic E-state index is 13.8. The Morgan fingerprint density at radius 3 is 2.44 bits per heavy atom. The Hall–Kier alpha value is -3.84. The summed E-state index contributed by atoms with van der Waals surface area (Å²) in [5.74, 6) is 1.44. The number of hydrogen-bond donors (Lipinski definition) is 1. The minimum absolute atomic E-state index is 0.00942.